The van der Waals surface area contributed by atoms with Gasteiger partial charge in [0.1, 0.15) is 0 Å². The molecule has 150 valence electrons. The second kappa shape index (κ2) is 6.65. The van der Waals surface area contributed by atoms with Crippen LogP contribution >= 0.6 is 0 Å². The maximum Gasteiger partial charge on any atom is 0.362 e. The summed E-state index contributed by atoms with van der Waals surface area (Å²) in [7, 11) is -10.2. The van der Waals surface area contributed by atoms with E-state index in [2.05, 4.69) is 5.14 Å². The Kier molecular flexibility index (Phi) is 5.29. The summed E-state index contributed by atoms with van der Waals surface area (Å²) in [4.78, 5) is 0. The Bertz CT molecular complexity index is 978. The Balaban J connectivity index is 2.41. The van der Waals surface area contributed by atoms with Crippen molar-refractivity contribution >= 4 is 26.1 Å². The van der Waals surface area contributed by atoms with E-state index in [1.807, 2.05) is 0 Å². The standard InChI is InChI=1S/C14H13F5N2O4S2/c15-12(21-26(22,23)9-7-10-4-2-1-3-5-10)8-6-11(27(20,24)25)13(16,17)14(12,18)19/h1-9,11,21H,(H2,20,24,25)/b9-7+. The van der Waals surface area contributed by atoms with Crippen LogP contribution in [0.1, 0.15) is 5.56 Å². The molecule has 2 rings (SSSR count). The van der Waals surface area contributed by atoms with Gasteiger partial charge in [-0.15, -0.1) is 0 Å². The highest BCUT2D eigenvalue weighted by atomic mass is 32.2. The van der Waals surface area contributed by atoms with Crippen LogP contribution < -0.4 is 9.86 Å². The zero-order valence-electron chi connectivity index (χ0n) is 13.2. The van der Waals surface area contributed by atoms with E-state index in [4.69, 9.17) is 0 Å². The van der Waals surface area contributed by atoms with Crippen molar-refractivity contribution in [3.8, 4) is 0 Å². The lowest BCUT2D eigenvalue weighted by molar-refractivity contribution is -0.263. The van der Waals surface area contributed by atoms with Gasteiger partial charge in [0.15, 0.2) is 5.25 Å². The number of nitrogens with two attached hydrogens (primary N) is 1. The summed E-state index contributed by atoms with van der Waals surface area (Å²) in [5.74, 6) is -15.9. The average molecular weight is 432 g/mol. The van der Waals surface area contributed by atoms with Crippen LogP contribution in [0, 0.1) is 0 Å². The molecule has 2 atom stereocenters. The summed E-state index contributed by atoms with van der Waals surface area (Å²) >= 11 is 0. The number of hydrogen-bond donors (Lipinski definition) is 2. The van der Waals surface area contributed by atoms with Crippen molar-refractivity contribution in [3.05, 3.63) is 53.5 Å². The predicted octanol–water partition coefficient (Wildman–Crippen LogP) is 1.74. The van der Waals surface area contributed by atoms with Crippen LogP contribution in [-0.4, -0.2) is 39.7 Å². The molecule has 13 heteroatoms. The fourth-order valence-electron chi connectivity index (χ4n) is 2.25. The first-order chi connectivity index (χ1) is 12.1. The van der Waals surface area contributed by atoms with Crippen LogP contribution in [-0.2, 0) is 20.0 Å². The molecule has 0 spiro atoms. The van der Waals surface area contributed by atoms with E-state index in [-0.39, 0.29) is 12.2 Å². The fraction of sp³-hybridized carbons (Fsp3) is 0.286. The smallest absolute Gasteiger partial charge is 0.228 e. The Morgan fingerprint density at radius 3 is 2.07 bits per heavy atom. The van der Waals surface area contributed by atoms with Crippen molar-refractivity contribution in [2.24, 2.45) is 5.14 Å². The van der Waals surface area contributed by atoms with E-state index in [1.54, 1.807) is 6.07 Å². The predicted molar refractivity (Wildman–Crippen MR) is 87.3 cm³/mol. The molecule has 0 saturated heterocycles. The maximum absolute atomic E-state index is 14.6. The lowest BCUT2D eigenvalue weighted by atomic mass is 9.92. The second-order valence-corrected chi connectivity index (χ2v) is 8.89. The molecule has 1 aromatic carbocycles. The molecular weight excluding hydrogens is 419 g/mol. The number of primary sulfonamides is 1. The van der Waals surface area contributed by atoms with Crippen LogP contribution in [0.2, 0.25) is 0 Å². The Hall–Kier alpha value is -1.83. The van der Waals surface area contributed by atoms with Crippen molar-refractivity contribution < 1.29 is 38.8 Å². The molecule has 0 bridgehead atoms. The first-order valence-electron chi connectivity index (χ1n) is 7.05. The van der Waals surface area contributed by atoms with Gasteiger partial charge in [0.2, 0.25) is 20.0 Å². The molecule has 1 aliphatic carbocycles. The molecule has 6 nitrogen and oxygen atoms in total. The van der Waals surface area contributed by atoms with Gasteiger partial charge in [-0.1, -0.05) is 36.4 Å². The molecule has 0 saturated carbocycles. The van der Waals surface area contributed by atoms with E-state index in [9.17, 15) is 38.8 Å². The minimum atomic E-state index is -5.75. The second-order valence-electron chi connectivity index (χ2n) is 5.64. The minimum absolute atomic E-state index is 0.115. The number of hydrogen-bond acceptors (Lipinski definition) is 4. The van der Waals surface area contributed by atoms with Crippen molar-refractivity contribution in [2.75, 3.05) is 0 Å². The van der Waals surface area contributed by atoms with Crippen LogP contribution in [0.4, 0.5) is 22.0 Å². The molecule has 0 aromatic heterocycles. The van der Waals surface area contributed by atoms with Gasteiger partial charge in [-0.05, 0) is 17.7 Å². The average Bonchev–Trinajstić information content (AvgIpc) is 2.51. The lowest BCUT2D eigenvalue weighted by Crippen LogP contribution is -2.69. The van der Waals surface area contributed by atoms with E-state index >= 15 is 0 Å². The molecule has 1 aromatic rings. The lowest BCUT2D eigenvalue weighted by Gasteiger charge is -2.41. The Morgan fingerprint density at radius 2 is 1.56 bits per heavy atom. The molecule has 1 aliphatic rings. The van der Waals surface area contributed by atoms with Gasteiger partial charge in [0.05, 0.1) is 0 Å². The SMILES string of the molecule is NS(=O)(=O)C1C=CC(F)(NS(=O)(=O)/C=C/c2ccccc2)C(F)(F)C1(F)F. The first kappa shape index (κ1) is 21.5. The van der Waals surface area contributed by atoms with Crippen molar-refractivity contribution in [2.45, 2.75) is 22.9 Å². The molecule has 0 aliphatic heterocycles. The quantitative estimate of drug-likeness (QED) is 0.420. The number of nitrogens with one attached hydrogen (secondary N) is 1. The summed E-state index contributed by atoms with van der Waals surface area (Å²) in [6.07, 6.45) is 0.505. The molecule has 2 unspecified atom stereocenters. The van der Waals surface area contributed by atoms with Gasteiger partial charge in [0.25, 0.3) is 5.79 Å². The minimum Gasteiger partial charge on any atom is -0.228 e. The van der Waals surface area contributed by atoms with Crippen molar-refractivity contribution in [1.82, 2.24) is 4.72 Å². The number of rotatable bonds is 5. The molecule has 0 amide bonds. The monoisotopic (exact) mass is 432 g/mol. The van der Waals surface area contributed by atoms with E-state index in [1.165, 1.54) is 24.3 Å². The third-order valence-electron chi connectivity index (χ3n) is 3.62. The molecule has 0 radical (unpaired) electrons. The molecule has 0 heterocycles. The summed E-state index contributed by atoms with van der Waals surface area (Å²) in [5, 5.41) is 1.54. The summed E-state index contributed by atoms with van der Waals surface area (Å²) in [5.41, 5.74) is 0.307. The molecule has 0 fully saturated rings. The highest BCUT2D eigenvalue weighted by Crippen LogP contribution is 2.50. The number of sulfonamides is 2. The van der Waals surface area contributed by atoms with E-state index < -0.39 is 42.9 Å². The van der Waals surface area contributed by atoms with Crippen LogP contribution in [0.5, 0.6) is 0 Å². The largest absolute Gasteiger partial charge is 0.362 e. The van der Waals surface area contributed by atoms with Gasteiger partial charge >= 0.3 is 11.8 Å². The summed E-state index contributed by atoms with van der Waals surface area (Å²) in [6.45, 7) is 0. The normalized spacial score (nSPS) is 27.7. The van der Waals surface area contributed by atoms with Gasteiger partial charge in [-0.2, -0.15) is 22.3 Å². The van der Waals surface area contributed by atoms with Crippen LogP contribution in [0.25, 0.3) is 6.08 Å². The van der Waals surface area contributed by atoms with Crippen molar-refractivity contribution in [3.63, 3.8) is 0 Å². The summed E-state index contributed by atoms with van der Waals surface area (Å²) in [6, 6.07) is 7.55. The van der Waals surface area contributed by atoms with Gasteiger partial charge in [-0.3, -0.25) is 0 Å². The Labute approximate surface area is 151 Å². The molecular formula is C14H13F5N2O4S2. The zero-order chi connectivity index (χ0) is 20.7. The fourth-order valence-corrected chi connectivity index (χ4v) is 4.13. The zero-order valence-corrected chi connectivity index (χ0v) is 14.8. The number of benzene rings is 1. The van der Waals surface area contributed by atoms with Crippen LogP contribution in [0.3, 0.4) is 0 Å². The highest BCUT2D eigenvalue weighted by Gasteiger charge is 2.76. The number of halogens is 5. The van der Waals surface area contributed by atoms with Crippen LogP contribution in [0.15, 0.2) is 47.9 Å². The van der Waals surface area contributed by atoms with Crippen molar-refractivity contribution in [1.29, 1.82) is 0 Å². The molecule has 27 heavy (non-hydrogen) atoms. The number of alkyl halides is 5. The third kappa shape index (κ3) is 4.05. The van der Waals surface area contributed by atoms with E-state index in [0.717, 1.165) is 10.8 Å². The van der Waals surface area contributed by atoms with Gasteiger partial charge in [0, 0.05) is 5.41 Å². The maximum atomic E-state index is 14.6. The molecule has 3 N–H and O–H groups in total. The van der Waals surface area contributed by atoms with Gasteiger partial charge < -0.3 is 0 Å². The van der Waals surface area contributed by atoms with Gasteiger partial charge in [-0.25, -0.2) is 26.4 Å². The third-order valence-corrected chi connectivity index (χ3v) is 5.85. The van der Waals surface area contributed by atoms with E-state index in [0.29, 0.717) is 11.0 Å². The summed E-state index contributed by atoms with van der Waals surface area (Å²) < 4.78 is 117. The topological polar surface area (TPSA) is 106 Å². The first-order valence-corrected chi connectivity index (χ1v) is 10.2. The Morgan fingerprint density at radius 1 is 1.00 bits per heavy atom. The highest BCUT2D eigenvalue weighted by molar-refractivity contribution is 7.92.